The second-order valence-corrected chi connectivity index (χ2v) is 2.87. The molecule has 0 aliphatic carbocycles. The molecule has 0 spiro atoms. The van der Waals surface area contributed by atoms with Gasteiger partial charge in [0.15, 0.2) is 0 Å². The van der Waals surface area contributed by atoms with E-state index >= 15 is 0 Å². The summed E-state index contributed by atoms with van der Waals surface area (Å²) in [5.74, 6) is 0. The molecule has 0 N–H and O–H groups in total. The molecule has 0 bridgehead atoms. The number of benzene rings is 1. The predicted molar refractivity (Wildman–Crippen MR) is 56.9 cm³/mol. The third-order valence-electron chi connectivity index (χ3n) is 1.82. The van der Waals surface area contributed by atoms with Crippen LogP contribution >= 0.6 is 0 Å². The summed E-state index contributed by atoms with van der Waals surface area (Å²) in [6.07, 6.45) is 0. The van der Waals surface area contributed by atoms with Crippen LogP contribution in [0.1, 0.15) is 19.4 Å². The van der Waals surface area contributed by atoms with Gasteiger partial charge in [0.05, 0.1) is 16.2 Å². The van der Waals surface area contributed by atoms with Crippen LogP contribution in [0.4, 0.5) is 5.69 Å². The number of rotatable bonds is 4. The molecular formula is C10H12N2O3. The zero-order chi connectivity index (χ0) is 11.3. The highest BCUT2D eigenvalue weighted by Crippen LogP contribution is 2.18. The minimum Gasteiger partial charge on any atom is -0.396 e. The van der Waals surface area contributed by atoms with Crippen LogP contribution in [-0.2, 0) is 4.84 Å². The second kappa shape index (κ2) is 5.09. The van der Waals surface area contributed by atoms with Crippen LogP contribution in [0.3, 0.4) is 0 Å². The van der Waals surface area contributed by atoms with Gasteiger partial charge in [-0.3, -0.25) is 10.1 Å². The zero-order valence-corrected chi connectivity index (χ0v) is 8.64. The molecule has 0 saturated carbocycles. The molecule has 5 heteroatoms. The van der Waals surface area contributed by atoms with E-state index in [4.69, 9.17) is 4.84 Å². The number of hydrogen-bond acceptors (Lipinski definition) is 4. The average molecular weight is 208 g/mol. The topological polar surface area (TPSA) is 64.7 Å². The first-order chi connectivity index (χ1) is 7.16. The van der Waals surface area contributed by atoms with Gasteiger partial charge in [0.2, 0.25) is 0 Å². The Labute approximate surface area is 87.5 Å². The SMILES string of the molecule is CCO/N=C(\C)c1ccccc1[N+](=O)[O-]. The van der Waals surface area contributed by atoms with Crippen molar-refractivity contribution in [3.63, 3.8) is 0 Å². The van der Waals surface area contributed by atoms with Crippen molar-refractivity contribution in [1.82, 2.24) is 0 Å². The molecule has 1 rings (SSSR count). The maximum absolute atomic E-state index is 10.7. The lowest BCUT2D eigenvalue weighted by Gasteiger charge is -2.01. The van der Waals surface area contributed by atoms with Crippen molar-refractivity contribution in [1.29, 1.82) is 0 Å². The molecule has 0 amide bonds. The summed E-state index contributed by atoms with van der Waals surface area (Å²) < 4.78 is 0. The van der Waals surface area contributed by atoms with E-state index in [-0.39, 0.29) is 5.69 Å². The normalized spacial score (nSPS) is 11.2. The lowest BCUT2D eigenvalue weighted by atomic mass is 10.1. The van der Waals surface area contributed by atoms with Gasteiger partial charge in [-0.25, -0.2) is 0 Å². The van der Waals surface area contributed by atoms with E-state index in [1.807, 2.05) is 0 Å². The molecular weight excluding hydrogens is 196 g/mol. The summed E-state index contributed by atoms with van der Waals surface area (Å²) in [7, 11) is 0. The molecule has 1 aromatic carbocycles. The lowest BCUT2D eigenvalue weighted by molar-refractivity contribution is -0.385. The van der Waals surface area contributed by atoms with Crippen molar-refractivity contribution in [3.8, 4) is 0 Å². The minimum atomic E-state index is -0.430. The Kier molecular flexibility index (Phi) is 3.79. The van der Waals surface area contributed by atoms with Gasteiger partial charge < -0.3 is 4.84 Å². The van der Waals surface area contributed by atoms with Crippen molar-refractivity contribution in [3.05, 3.63) is 39.9 Å². The van der Waals surface area contributed by atoms with Crippen LogP contribution in [0.5, 0.6) is 0 Å². The molecule has 0 radical (unpaired) electrons. The van der Waals surface area contributed by atoms with Gasteiger partial charge >= 0.3 is 0 Å². The van der Waals surface area contributed by atoms with Gasteiger partial charge in [-0.1, -0.05) is 17.3 Å². The molecule has 15 heavy (non-hydrogen) atoms. The molecule has 0 heterocycles. The van der Waals surface area contributed by atoms with Gasteiger partial charge in [0.25, 0.3) is 5.69 Å². The van der Waals surface area contributed by atoms with Crippen molar-refractivity contribution in [2.24, 2.45) is 5.16 Å². The van der Waals surface area contributed by atoms with E-state index in [2.05, 4.69) is 5.16 Å². The van der Waals surface area contributed by atoms with Crippen LogP contribution in [-0.4, -0.2) is 17.2 Å². The van der Waals surface area contributed by atoms with Crippen LogP contribution in [0.25, 0.3) is 0 Å². The fourth-order valence-corrected chi connectivity index (χ4v) is 1.15. The molecule has 0 aromatic heterocycles. The summed E-state index contributed by atoms with van der Waals surface area (Å²) in [6.45, 7) is 3.92. The molecule has 0 fully saturated rings. The Hall–Kier alpha value is -1.91. The summed E-state index contributed by atoms with van der Waals surface area (Å²) in [5, 5.41) is 14.5. The van der Waals surface area contributed by atoms with E-state index < -0.39 is 4.92 Å². The zero-order valence-electron chi connectivity index (χ0n) is 8.64. The van der Waals surface area contributed by atoms with Crippen LogP contribution in [0.2, 0.25) is 0 Å². The largest absolute Gasteiger partial charge is 0.396 e. The van der Waals surface area contributed by atoms with Gasteiger partial charge in [-0.15, -0.1) is 0 Å². The van der Waals surface area contributed by atoms with Gasteiger partial charge in [0, 0.05) is 6.07 Å². The van der Waals surface area contributed by atoms with Crippen molar-refractivity contribution < 1.29 is 9.76 Å². The third kappa shape index (κ3) is 2.77. The second-order valence-electron chi connectivity index (χ2n) is 2.87. The number of para-hydroxylation sites is 1. The molecule has 0 unspecified atom stereocenters. The maximum Gasteiger partial charge on any atom is 0.278 e. The molecule has 1 aromatic rings. The van der Waals surface area contributed by atoms with Crippen molar-refractivity contribution in [2.45, 2.75) is 13.8 Å². The highest BCUT2D eigenvalue weighted by atomic mass is 16.6. The summed E-state index contributed by atoms with van der Waals surface area (Å²) in [5.41, 5.74) is 1.03. The summed E-state index contributed by atoms with van der Waals surface area (Å²) in [6, 6.07) is 6.44. The quantitative estimate of drug-likeness (QED) is 0.433. The predicted octanol–water partition coefficient (Wildman–Crippen LogP) is 2.36. The Morgan fingerprint density at radius 2 is 2.20 bits per heavy atom. The highest BCUT2D eigenvalue weighted by molar-refractivity contribution is 6.01. The Morgan fingerprint density at radius 3 is 2.80 bits per heavy atom. The summed E-state index contributed by atoms with van der Waals surface area (Å²) in [4.78, 5) is 15.1. The van der Waals surface area contributed by atoms with Gasteiger partial charge in [-0.05, 0) is 19.9 Å². The Balaban J connectivity index is 3.07. The molecule has 5 nitrogen and oxygen atoms in total. The monoisotopic (exact) mass is 208 g/mol. The van der Waals surface area contributed by atoms with E-state index in [1.54, 1.807) is 32.0 Å². The Morgan fingerprint density at radius 1 is 1.53 bits per heavy atom. The van der Waals surface area contributed by atoms with Crippen LogP contribution in [0.15, 0.2) is 29.4 Å². The number of nitrogens with zero attached hydrogens (tertiary/aromatic N) is 2. The standard InChI is InChI=1S/C10H12N2O3/c1-3-15-11-8(2)9-6-4-5-7-10(9)12(13)14/h4-7H,3H2,1-2H3/b11-8+. The van der Waals surface area contributed by atoms with Crippen LogP contribution < -0.4 is 0 Å². The molecule has 0 saturated heterocycles. The lowest BCUT2D eigenvalue weighted by Crippen LogP contribution is -2.01. The third-order valence-corrected chi connectivity index (χ3v) is 1.82. The molecule has 0 aliphatic rings. The highest BCUT2D eigenvalue weighted by Gasteiger charge is 2.14. The first-order valence-electron chi connectivity index (χ1n) is 4.57. The van der Waals surface area contributed by atoms with Gasteiger partial charge in [-0.2, -0.15) is 0 Å². The molecule has 0 atom stereocenters. The number of nitro benzene ring substituents is 1. The number of oxime groups is 1. The summed E-state index contributed by atoms with van der Waals surface area (Å²) >= 11 is 0. The fraction of sp³-hybridized carbons (Fsp3) is 0.300. The molecule has 80 valence electrons. The molecule has 0 aliphatic heterocycles. The maximum atomic E-state index is 10.7. The van der Waals surface area contributed by atoms with Crippen molar-refractivity contribution >= 4 is 11.4 Å². The number of nitro groups is 1. The van der Waals surface area contributed by atoms with E-state index in [0.717, 1.165) is 0 Å². The van der Waals surface area contributed by atoms with E-state index in [1.165, 1.54) is 6.07 Å². The Bertz CT molecular complexity index is 388. The van der Waals surface area contributed by atoms with E-state index in [9.17, 15) is 10.1 Å². The smallest absolute Gasteiger partial charge is 0.278 e. The number of hydrogen-bond donors (Lipinski definition) is 0. The first-order valence-corrected chi connectivity index (χ1v) is 4.57. The van der Waals surface area contributed by atoms with Gasteiger partial charge in [0.1, 0.15) is 6.61 Å². The van der Waals surface area contributed by atoms with E-state index in [0.29, 0.717) is 17.9 Å². The first kappa shape index (κ1) is 11.2. The fourth-order valence-electron chi connectivity index (χ4n) is 1.15. The minimum absolute atomic E-state index is 0.0402. The van der Waals surface area contributed by atoms with Crippen molar-refractivity contribution in [2.75, 3.05) is 6.61 Å². The average Bonchev–Trinajstić information content (AvgIpc) is 2.25. The van der Waals surface area contributed by atoms with Crippen LogP contribution in [0, 0.1) is 10.1 Å².